The minimum absolute atomic E-state index is 0.158. The number of aromatic nitrogens is 2. The molecule has 20 heavy (non-hydrogen) atoms. The van der Waals surface area contributed by atoms with Crippen LogP contribution >= 0.6 is 15.9 Å². The SMILES string of the molecule is O=c1[nH]c2ccccc2nc1Cc1cc(Br)ccc1F. The van der Waals surface area contributed by atoms with Gasteiger partial charge in [-0.2, -0.15) is 0 Å². The van der Waals surface area contributed by atoms with Gasteiger partial charge in [-0.3, -0.25) is 4.79 Å². The largest absolute Gasteiger partial charge is 0.319 e. The lowest BCUT2D eigenvalue weighted by Crippen LogP contribution is -2.16. The molecule has 0 saturated heterocycles. The molecule has 1 N–H and O–H groups in total. The number of aromatic amines is 1. The van der Waals surface area contributed by atoms with E-state index in [1.54, 1.807) is 18.2 Å². The second-order valence-corrected chi connectivity index (χ2v) is 5.36. The minimum Gasteiger partial charge on any atom is -0.319 e. The topological polar surface area (TPSA) is 45.8 Å². The average molecular weight is 333 g/mol. The molecule has 3 rings (SSSR count). The number of fused-ring (bicyclic) bond motifs is 1. The molecule has 2 aromatic carbocycles. The van der Waals surface area contributed by atoms with Crippen molar-refractivity contribution in [3.8, 4) is 0 Å². The van der Waals surface area contributed by atoms with E-state index in [-0.39, 0.29) is 17.8 Å². The molecule has 0 aliphatic rings. The molecule has 0 fully saturated rings. The predicted octanol–water partition coefficient (Wildman–Crippen LogP) is 3.42. The summed E-state index contributed by atoms with van der Waals surface area (Å²) in [6, 6.07) is 11.9. The fourth-order valence-electron chi connectivity index (χ4n) is 2.05. The first kappa shape index (κ1) is 13.0. The lowest BCUT2D eigenvalue weighted by molar-refractivity contribution is 0.612. The van der Waals surface area contributed by atoms with E-state index in [0.29, 0.717) is 22.3 Å². The normalized spacial score (nSPS) is 10.9. The molecule has 3 aromatic rings. The van der Waals surface area contributed by atoms with E-state index in [2.05, 4.69) is 25.9 Å². The number of benzene rings is 2. The number of hydrogen-bond donors (Lipinski definition) is 1. The molecule has 1 heterocycles. The van der Waals surface area contributed by atoms with Crippen LogP contribution in [0.1, 0.15) is 11.3 Å². The standard InChI is InChI=1S/C15H10BrFN2O/c16-10-5-6-11(17)9(7-10)8-14-15(20)19-13-4-2-1-3-12(13)18-14/h1-7H,8H2,(H,19,20). The zero-order valence-electron chi connectivity index (χ0n) is 10.4. The van der Waals surface area contributed by atoms with Gasteiger partial charge in [0.15, 0.2) is 0 Å². The third-order valence-electron chi connectivity index (χ3n) is 3.04. The van der Waals surface area contributed by atoms with Crippen LogP contribution in [0.2, 0.25) is 0 Å². The molecular formula is C15H10BrFN2O. The first-order chi connectivity index (χ1) is 9.63. The number of nitrogens with one attached hydrogen (secondary N) is 1. The van der Waals surface area contributed by atoms with Gasteiger partial charge in [0.05, 0.1) is 11.0 Å². The summed E-state index contributed by atoms with van der Waals surface area (Å²) in [6.07, 6.45) is 0.158. The highest BCUT2D eigenvalue weighted by molar-refractivity contribution is 9.10. The maximum absolute atomic E-state index is 13.7. The van der Waals surface area contributed by atoms with Crippen LogP contribution in [0.3, 0.4) is 0 Å². The van der Waals surface area contributed by atoms with Crippen molar-refractivity contribution in [3.63, 3.8) is 0 Å². The van der Waals surface area contributed by atoms with Gasteiger partial charge in [-0.05, 0) is 35.9 Å². The molecule has 3 nitrogen and oxygen atoms in total. The van der Waals surface area contributed by atoms with Gasteiger partial charge >= 0.3 is 0 Å². The van der Waals surface area contributed by atoms with E-state index in [1.807, 2.05) is 18.2 Å². The van der Waals surface area contributed by atoms with Crippen LogP contribution in [0.5, 0.6) is 0 Å². The van der Waals surface area contributed by atoms with E-state index in [9.17, 15) is 9.18 Å². The molecule has 1 aromatic heterocycles. The van der Waals surface area contributed by atoms with Crippen molar-refractivity contribution in [1.82, 2.24) is 9.97 Å². The Labute approximate surface area is 122 Å². The lowest BCUT2D eigenvalue weighted by atomic mass is 10.1. The van der Waals surface area contributed by atoms with Gasteiger partial charge in [-0.1, -0.05) is 28.1 Å². The summed E-state index contributed by atoms with van der Waals surface area (Å²) in [5.74, 6) is -0.345. The predicted molar refractivity (Wildman–Crippen MR) is 79.3 cm³/mol. The van der Waals surface area contributed by atoms with Crippen molar-refractivity contribution < 1.29 is 4.39 Å². The highest BCUT2D eigenvalue weighted by atomic mass is 79.9. The molecule has 0 amide bonds. The van der Waals surface area contributed by atoms with Crippen LogP contribution in [0.25, 0.3) is 11.0 Å². The first-order valence-electron chi connectivity index (χ1n) is 6.05. The van der Waals surface area contributed by atoms with Crippen LogP contribution in [-0.2, 0) is 6.42 Å². The number of halogens is 2. The third kappa shape index (κ3) is 2.49. The van der Waals surface area contributed by atoms with Gasteiger partial charge in [-0.25, -0.2) is 9.37 Å². The van der Waals surface area contributed by atoms with Gasteiger partial charge < -0.3 is 4.98 Å². The highest BCUT2D eigenvalue weighted by Crippen LogP contribution is 2.17. The van der Waals surface area contributed by atoms with Crippen LogP contribution in [0.15, 0.2) is 51.7 Å². The Balaban J connectivity index is 2.08. The van der Waals surface area contributed by atoms with Crippen LogP contribution in [-0.4, -0.2) is 9.97 Å². The van der Waals surface area contributed by atoms with E-state index >= 15 is 0 Å². The van der Waals surface area contributed by atoms with Crippen molar-refractivity contribution in [2.24, 2.45) is 0 Å². The van der Waals surface area contributed by atoms with E-state index in [4.69, 9.17) is 0 Å². The average Bonchev–Trinajstić information content (AvgIpc) is 2.43. The Morgan fingerprint density at radius 1 is 1.20 bits per heavy atom. The van der Waals surface area contributed by atoms with E-state index < -0.39 is 0 Å². The number of rotatable bonds is 2. The van der Waals surface area contributed by atoms with Crippen LogP contribution < -0.4 is 5.56 Å². The third-order valence-corrected chi connectivity index (χ3v) is 3.53. The molecule has 0 saturated carbocycles. The van der Waals surface area contributed by atoms with Crippen molar-refractivity contribution in [1.29, 1.82) is 0 Å². The Bertz CT molecular complexity index is 845. The summed E-state index contributed by atoms with van der Waals surface area (Å²) in [6.45, 7) is 0. The van der Waals surface area contributed by atoms with Gasteiger partial charge in [0.2, 0.25) is 0 Å². The number of H-pyrrole nitrogens is 1. The molecule has 0 bridgehead atoms. The van der Waals surface area contributed by atoms with Crippen LogP contribution in [0, 0.1) is 5.82 Å². The van der Waals surface area contributed by atoms with Gasteiger partial charge in [0.1, 0.15) is 11.5 Å². The first-order valence-corrected chi connectivity index (χ1v) is 6.84. The molecular weight excluding hydrogens is 323 g/mol. The smallest absolute Gasteiger partial charge is 0.270 e. The van der Waals surface area contributed by atoms with Crippen molar-refractivity contribution in [2.75, 3.05) is 0 Å². The maximum Gasteiger partial charge on any atom is 0.270 e. The molecule has 5 heteroatoms. The number of nitrogens with zero attached hydrogens (tertiary/aromatic N) is 1. The molecule has 0 aliphatic heterocycles. The number of hydrogen-bond acceptors (Lipinski definition) is 2. The second kappa shape index (κ2) is 5.17. The summed E-state index contributed by atoms with van der Waals surface area (Å²) in [5.41, 5.74) is 1.82. The Morgan fingerprint density at radius 2 is 2.00 bits per heavy atom. The minimum atomic E-state index is -0.345. The highest BCUT2D eigenvalue weighted by Gasteiger charge is 2.09. The van der Waals surface area contributed by atoms with Gasteiger partial charge in [-0.15, -0.1) is 0 Å². The molecule has 100 valence electrons. The summed E-state index contributed by atoms with van der Waals surface area (Å²) in [7, 11) is 0. The molecule has 0 spiro atoms. The zero-order valence-corrected chi connectivity index (χ0v) is 11.9. The van der Waals surface area contributed by atoms with Crippen LogP contribution in [0.4, 0.5) is 4.39 Å². The van der Waals surface area contributed by atoms with Crippen molar-refractivity contribution in [3.05, 3.63) is 74.4 Å². The molecule has 0 radical (unpaired) electrons. The summed E-state index contributed by atoms with van der Waals surface area (Å²) < 4.78 is 14.5. The fourth-order valence-corrected chi connectivity index (χ4v) is 2.45. The van der Waals surface area contributed by atoms with E-state index in [0.717, 1.165) is 4.47 Å². The monoisotopic (exact) mass is 332 g/mol. The molecule has 0 unspecified atom stereocenters. The van der Waals surface area contributed by atoms with Gasteiger partial charge in [0.25, 0.3) is 5.56 Å². The second-order valence-electron chi connectivity index (χ2n) is 4.44. The van der Waals surface area contributed by atoms with Crippen molar-refractivity contribution in [2.45, 2.75) is 6.42 Å². The Kier molecular flexibility index (Phi) is 3.36. The summed E-state index contributed by atoms with van der Waals surface area (Å²) in [4.78, 5) is 19.1. The summed E-state index contributed by atoms with van der Waals surface area (Å²) >= 11 is 3.29. The summed E-state index contributed by atoms with van der Waals surface area (Å²) in [5, 5.41) is 0. The maximum atomic E-state index is 13.7. The quantitative estimate of drug-likeness (QED) is 0.781. The number of para-hydroxylation sites is 2. The lowest BCUT2D eigenvalue weighted by Gasteiger charge is -2.04. The Morgan fingerprint density at radius 3 is 2.85 bits per heavy atom. The zero-order chi connectivity index (χ0) is 14.1. The fraction of sp³-hybridized carbons (Fsp3) is 0.0667. The Hall–Kier alpha value is -2.01. The molecule has 0 aliphatic carbocycles. The van der Waals surface area contributed by atoms with Crippen molar-refractivity contribution >= 4 is 27.0 Å². The van der Waals surface area contributed by atoms with E-state index in [1.165, 1.54) is 6.07 Å². The van der Waals surface area contributed by atoms with Gasteiger partial charge in [0, 0.05) is 10.9 Å². The molecule has 0 atom stereocenters.